The Hall–Kier alpha value is -2.10. The molecule has 0 bridgehead atoms. The van der Waals surface area contributed by atoms with Gasteiger partial charge >= 0.3 is 0 Å². The van der Waals surface area contributed by atoms with Gasteiger partial charge in [0.1, 0.15) is 5.76 Å². The quantitative estimate of drug-likeness (QED) is 0.586. The van der Waals surface area contributed by atoms with Crippen LogP contribution in [0, 0.1) is 10.1 Å². The highest BCUT2D eigenvalue weighted by molar-refractivity contribution is 5.69. The number of rotatable bonds is 5. The monoisotopic (exact) mass is 245 g/mol. The van der Waals surface area contributed by atoms with E-state index < -0.39 is 0 Å². The molecule has 1 aromatic heterocycles. The molecule has 0 aliphatic heterocycles. The topological polar surface area (TPSA) is 56.3 Å². The maximum atomic E-state index is 11.1. The van der Waals surface area contributed by atoms with E-state index in [0.717, 1.165) is 24.8 Å². The Morgan fingerprint density at radius 2 is 2.17 bits per heavy atom. The van der Waals surface area contributed by atoms with Crippen molar-refractivity contribution in [3.63, 3.8) is 0 Å². The van der Waals surface area contributed by atoms with Crippen molar-refractivity contribution in [1.29, 1.82) is 0 Å². The molecule has 0 amide bonds. The van der Waals surface area contributed by atoms with Crippen LogP contribution in [0.1, 0.15) is 25.3 Å². The van der Waals surface area contributed by atoms with E-state index in [4.69, 9.17) is 4.42 Å². The molecule has 4 nitrogen and oxygen atoms in total. The second-order valence-electron chi connectivity index (χ2n) is 4.19. The van der Waals surface area contributed by atoms with Crippen LogP contribution < -0.4 is 0 Å². The van der Waals surface area contributed by atoms with Gasteiger partial charge in [0.15, 0.2) is 0 Å². The number of aryl methyl sites for hydroxylation is 1. The third kappa shape index (κ3) is 2.59. The lowest BCUT2D eigenvalue weighted by Crippen LogP contribution is -1.94. The molecule has 0 spiro atoms. The molecule has 0 saturated heterocycles. The molecular weight excluding hydrogens is 230 g/mol. The van der Waals surface area contributed by atoms with E-state index in [9.17, 15) is 10.1 Å². The van der Waals surface area contributed by atoms with Crippen LogP contribution in [0.25, 0.3) is 11.3 Å². The van der Waals surface area contributed by atoms with Gasteiger partial charge in [0.25, 0.3) is 5.69 Å². The first-order chi connectivity index (χ1) is 8.72. The molecule has 0 saturated carbocycles. The number of nitro benzene ring substituents is 1. The summed E-state index contributed by atoms with van der Waals surface area (Å²) in [6.07, 6.45) is 4.50. The number of furan rings is 1. The van der Waals surface area contributed by atoms with Crippen LogP contribution in [0.15, 0.2) is 41.0 Å². The van der Waals surface area contributed by atoms with Crippen LogP contribution in [0.4, 0.5) is 5.69 Å². The first kappa shape index (κ1) is 12.4. The second kappa shape index (κ2) is 5.49. The van der Waals surface area contributed by atoms with Crippen LogP contribution in [0.2, 0.25) is 0 Å². The largest absolute Gasteiger partial charge is 0.464 e. The number of nitro groups is 1. The predicted molar refractivity (Wildman–Crippen MR) is 69.4 cm³/mol. The van der Waals surface area contributed by atoms with Crippen LogP contribution in [-0.2, 0) is 6.42 Å². The first-order valence-electron chi connectivity index (χ1n) is 6.03. The highest BCUT2D eigenvalue weighted by atomic mass is 16.6. The van der Waals surface area contributed by atoms with Gasteiger partial charge in [-0.1, -0.05) is 19.4 Å². The minimum Gasteiger partial charge on any atom is -0.464 e. The lowest BCUT2D eigenvalue weighted by Gasteiger charge is -2.03. The van der Waals surface area contributed by atoms with Crippen LogP contribution in [-0.4, -0.2) is 4.92 Å². The molecule has 0 radical (unpaired) electrons. The van der Waals surface area contributed by atoms with Gasteiger partial charge in [-0.25, -0.2) is 0 Å². The van der Waals surface area contributed by atoms with Crippen molar-refractivity contribution in [3.05, 3.63) is 52.3 Å². The molecule has 1 heterocycles. The summed E-state index contributed by atoms with van der Waals surface area (Å²) in [5.74, 6) is 0.531. The van der Waals surface area contributed by atoms with Crippen molar-refractivity contribution < 1.29 is 9.34 Å². The minimum atomic E-state index is -0.354. The van der Waals surface area contributed by atoms with Crippen molar-refractivity contribution >= 4 is 5.69 Å². The number of hydrogen-bond donors (Lipinski definition) is 0. The van der Waals surface area contributed by atoms with Crippen molar-refractivity contribution in [3.8, 4) is 11.3 Å². The standard InChI is InChI=1S/C14H15NO3/c1-2-3-5-11-7-8-12(13(10-11)15(16)17)14-6-4-9-18-14/h4,6-10H,2-3,5H2,1H3. The van der Waals surface area contributed by atoms with Crippen LogP contribution >= 0.6 is 0 Å². The molecule has 0 atom stereocenters. The summed E-state index contributed by atoms with van der Waals surface area (Å²) >= 11 is 0. The highest BCUT2D eigenvalue weighted by Gasteiger charge is 2.17. The zero-order valence-electron chi connectivity index (χ0n) is 10.3. The number of unbranched alkanes of at least 4 members (excludes halogenated alkanes) is 1. The molecular formula is C14H15NO3. The third-order valence-electron chi connectivity index (χ3n) is 2.86. The average molecular weight is 245 g/mol. The van der Waals surface area contributed by atoms with Gasteiger partial charge in [0.05, 0.1) is 16.7 Å². The van der Waals surface area contributed by atoms with Gasteiger partial charge in [0.2, 0.25) is 0 Å². The summed E-state index contributed by atoms with van der Waals surface area (Å²) in [6, 6.07) is 8.80. The Labute approximate surface area is 105 Å². The number of nitrogens with zero attached hydrogens (tertiary/aromatic N) is 1. The fraction of sp³-hybridized carbons (Fsp3) is 0.286. The molecule has 2 aromatic rings. The first-order valence-corrected chi connectivity index (χ1v) is 6.03. The second-order valence-corrected chi connectivity index (χ2v) is 4.19. The predicted octanol–water partition coefficient (Wildman–Crippen LogP) is 4.20. The smallest absolute Gasteiger partial charge is 0.280 e. The van der Waals surface area contributed by atoms with Crippen molar-refractivity contribution in [2.75, 3.05) is 0 Å². The lowest BCUT2D eigenvalue weighted by atomic mass is 10.0. The van der Waals surface area contributed by atoms with E-state index in [1.807, 2.05) is 6.07 Å². The van der Waals surface area contributed by atoms with Crippen molar-refractivity contribution in [2.45, 2.75) is 26.2 Å². The molecule has 2 rings (SSSR count). The van der Waals surface area contributed by atoms with Crippen molar-refractivity contribution in [2.24, 2.45) is 0 Å². The van der Waals surface area contributed by atoms with E-state index in [2.05, 4.69) is 6.92 Å². The van der Waals surface area contributed by atoms with Gasteiger partial charge in [-0.2, -0.15) is 0 Å². The average Bonchev–Trinajstić information content (AvgIpc) is 2.89. The molecule has 0 aliphatic carbocycles. The van der Waals surface area contributed by atoms with Gasteiger partial charge < -0.3 is 4.42 Å². The van der Waals surface area contributed by atoms with E-state index in [-0.39, 0.29) is 10.6 Å². The Morgan fingerprint density at radius 3 is 2.78 bits per heavy atom. The van der Waals surface area contributed by atoms with Crippen LogP contribution in [0.5, 0.6) is 0 Å². The van der Waals surface area contributed by atoms with E-state index in [1.165, 1.54) is 6.26 Å². The summed E-state index contributed by atoms with van der Waals surface area (Å²) in [5, 5.41) is 11.1. The molecule has 4 heteroatoms. The normalized spacial score (nSPS) is 10.5. The lowest BCUT2D eigenvalue weighted by molar-refractivity contribution is -0.384. The van der Waals surface area contributed by atoms with E-state index in [0.29, 0.717) is 11.3 Å². The fourth-order valence-corrected chi connectivity index (χ4v) is 1.90. The zero-order chi connectivity index (χ0) is 13.0. The molecule has 0 N–H and O–H groups in total. The molecule has 18 heavy (non-hydrogen) atoms. The summed E-state index contributed by atoms with van der Waals surface area (Å²) in [5.41, 5.74) is 1.64. The zero-order valence-corrected chi connectivity index (χ0v) is 10.3. The summed E-state index contributed by atoms with van der Waals surface area (Å²) < 4.78 is 5.23. The Bertz CT molecular complexity index is 532. The maximum Gasteiger partial charge on any atom is 0.280 e. The Balaban J connectivity index is 2.39. The SMILES string of the molecule is CCCCc1ccc(-c2ccco2)c([N+](=O)[O-])c1. The molecule has 0 fully saturated rings. The summed E-state index contributed by atoms with van der Waals surface area (Å²) in [6.45, 7) is 2.10. The molecule has 94 valence electrons. The number of benzene rings is 1. The number of hydrogen-bond acceptors (Lipinski definition) is 3. The van der Waals surface area contributed by atoms with E-state index >= 15 is 0 Å². The minimum absolute atomic E-state index is 0.110. The van der Waals surface area contributed by atoms with Crippen LogP contribution in [0.3, 0.4) is 0 Å². The van der Waals surface area contributed by atoms with Gasteiger partial charge in [-0.05, 0) is 36.6 Å². The van der Waals surface area contributed by atoms with Gasteiger partial charge in [-0.3, -0.25) is 10.1 Å². The Kier molecular flexibility index (Phi) is 3.77. The van der Waals surface area contributed by atoms with Gasteiger partial charge in [0, 0.05) is 6.07 Å². The van der Waals surface area contributed by atoms with E-state index in [1.54, 1.807) is 24.3 Å². The maximum absolute atomic E-state index is 11.1. The fourth-order valence-electron chi connectivity index (χ4n) is 1.90. The van der Waals surface area contributed by atoms with Gasteiger partial charge in [-0.15, -0.1) is 0 Å². The Morgan fingerprint density at radius 1 is 1.33 bits per heavy atom. The molecule has 1 aromatic carbocycles. The molecule has 0 aliphatic rings. The van der Waals surface area contributed by atoms with Crippen molar-refractivity contribution in [1.82, 2.24) is 0 Å². The summed E-state index contributed by atoms with van der Waals surface area (Å²) in [7, 11) is 0. The molecule has 0 unspecified atom stereocenters. The highest BCUT2D eigenvalue weighted by Crippen LogP contribution is 2.31. The summed E-state index contributed by atoms with van der Waals surface area (Å²) in [4.78, 5) is 10.8. The third-order valence-corrected chi connectivity index (χ3v) is 2.86.